The van der Waals surface area contributed by atoms with Crippen LogP contribution in [0.5, 0.6) is 5.75 Å². The molecule has 3 aromatic carbocycles. The Morgan fingerprint density at radius 3 is 2.39 bits per heavy atom. The van der Waals surface area contributed by atoms with Crippen LogP contribution in [0.1, 0.15) is 51.3 Å². The van der Waals surface area contributed by atoms with Crippen molar-refractivity contribution in [3.05, 3.63) is 82.4 Å². The summed E-state index contributed by atoms with van der Waals surface area (Å²) in [6.07, 6.45) is 0. The minimum absolute atomic E-state index is 0.0814. The molecule has 4 aromatic rings. The van der Waals surface area contributed by atoms with Crippen LogP contribution in [0.25, 0.3) is 27.8 Å². The third kappa shape index (κ3) is 2.92. The van der Waals surface area contributed by atoms with Gasteiger partial charge in [-0.3, -0.25) is 0 Å². The lowest BCUT2D eigenvalue weighted by Gasteiger charge is -2.23. The number of halogens is 1. The second-order valence-electron chi connectivity index (χ2n) is 10.1. The SMILES string of the molecule is COc1cc(Cl)cc(-n2c3c(c4cc(C(C)(C)C)ccc42)C(C)(C)c2ccccc2-3)c1. The van der Waals surface area contributed by atoms with Gasteiger partial charge in [-0.05, 0) is 46.4 Å². The molecule has 0 radical (unpaired) electrons. The Bertz CT molecular complexity index is 1340. The average molecular weight is 430 g/mol. The van der Waals surface area contributed by atoms with Gasteiger partial charge >= 0.3 is 0 Å². The first-order valence-electron chi connectivity index (χ1n) is 10.8. The number of fused-ring (bicyclic) bond motifs is 5. The van der Waals surface area contributed by atoms with Crippen LogP contribution in [0.2, 0.25) is 5.02 Å². The molecule has 0 N–H and O–H groups in total. The fourth-order valence-electron chi connectivity index (χ4n) is 5.08. The number of hydrogen-bond acceptors (Lipinski definition) is 1. The minimum atomic E-state index is -0.0887. The number of methoxy groups -OCH3 is 1. The van der Waals surface area contributed by atoms with E-state index >= 15 is 0 Å². The number of nitrogens with zero attached hydrogens (tertiary/aromatic N) is 1. The molecule has 0 fully saturated rings. The molecule has 158 valence electrons. The summed E-state index contributed by atoms with van der Waals surface area (Å²) < 4.78 is 7.90. The fraction of sp³-hybridized carbons (Fsp3) is 0.286. The van der Waals surface area contributed by atoms with Crippen LogP contribution in [0.15, 0.2) is 60.7 Å². The highest BCUT2D eigenvalue weighted by Crippen LogP contribution is 2.54. The maximum absolute atomic E-state index is 6.50. The van der Waals surface area contributed by atoms with E-state index in [1.807, 2.05) is 12.1 Å². The summed E-state index contributed by atoms with van der Waals surface area (Å²) in [5, 5.41) is 1.98. The van der Waals surface area contributed by atoms with Crippen molar-refractivity contribution >= 4 is 22.5 Å². The number of ether oxygens (including phenoxy) is 1. The van der Waals surface area contributed by atoms with E-state index < -0.39 is 0 Å². The van der Waals surface area contributed by atoms with Gasteiger partial charge in [-0.1, -0.05) is 76.6 Å². The van der Waals surface area contributed by atoms with Crippen LogP contribution in [-0.4, -0.2) is 11.7 Å². The molecular formula is C28H28ClNO. The van der Waals surface area contributed by atoms with Gasteiger partial charge in [0, 0.05) is 27.5 Å². The molecule has 0 unspecified atom stereocenters. The molecule has 1 aliphatic rings. The standard InChI is InChI=1S/C28H28ClNO/c1-27(2,3)17-11-12-24-22(13-17)25-26(21-9-7-8-10-23(21)28(25,4)5)30(24)19-14-18(29)15-20(16-19)31-6/h7-16H,1-6H3. The first-order chi connectivity index (χ1) is 14.6. The Balaban J connectivity index is 1.95. The van der Waals surface area contributed by atoms with Crippen molar-refractivity contribution < 1.29 is 4.74 Å². The van der Waals surface area contributed by atoms with Crippen molar-refractivity contribution in [1.29, 1.82) is 0 Å². The van der Waals surface area contributed by atoms with Gasteiger partial charge in [0.15, 0.2) is 0 Å². The van der Waals surface area contributed by atoms with Gasteiger partial charge in [0.2, 0.25) is 0 Å². The maximum atomic E-state index is 6.50. The van der Waals surface area contributed by atoms with Crippen molar-refractivity contribution in [2.75, 3.05) is 7.11 Å². The van der Waals surface area contributed by atoms with Crippen molar-refractivity contribution in [1.82, 2.24) is 4.57 Å². The van der Waals surface area contributed by atoms with Crippen LogP contribution in [0.3, 0.4) is 0 Å². The predicted molar refractivity (Wildman–Crippen MR) is 131 cm³/mol. The zero-order valence-corrected chi connectivity index (χ0v) is 19.8. The highest BCUT2D eigenvalue weighted by atomic mass is 35.5. The first-order valence-corrected chi connectivity index (χ1v) is 11.1. The molecule has 3 heteroatoms. The van der Waals surface area contributed by atoms with Gasteiger partial charge in [-0.2, -0.15) is 0 Å². The zero-order valence-electron chi connectivity index (χ0n) is 19.0. The molecule has 0 saturated carbocycles. The third-order valence-electron chi connectivity index (χ3n) is 6.66. The van der Waals surface area contributed by atoms with Crippen LogP contribution in [0.4, 0.5) is 0 Å². The van der Waals surface area contributed by atoms with Gasteiger partial charge < -0.3 is 9.30 Å². The van der Waals surface area contributed by atoms with E-state index in [1.54, 1.807) is 7.11 Å². The van der Waals surface area contributed by atoms with Crippen molar-refractivity contribution in [2.24, 2.45) is 0 Å². The highest BCUT2D eigenvalue weighted by molar-refractivity contribution is 6.31. The van der Waals surface area contributed by atoms with Crippen LogP contribution >= 0.6 is 11.6 Å². The molecule has 31 heavy (non-hydrogen) atoms. The largest absolute Gasteiger partial charge is 0.497 e. The van der Waals surface area contributed by atoms with E-state index in [-0.39, 0.29) is 10.8 Å². The van der Waals surface area contributed by atoms with E-state index in [1.165, 1.54) is 38.9 Å². The molecule has 1 aromatic heterocycles. The molecule has 0 aliphatic heterocycles. The summed E-state index contributed by atoms with van der Waals surface area (Å²) in [4.78, 5) is 0. The normalized spacial score (nSPS) is 14.5. The highest BCUT2D eigenvalue weighted by Gasteiger charge is 2.40. The molecule has 1 heterocycles. The van der Waals surface area contributed by atoms with Crippen molar-refractivity contribution in [2.45, 2.75) is 45.4 Å². The van der Waals surface area contributed by atoms with E-state index in [2.05, 4.69) is 87.7 Å². The Labute approximate surface area is 189 Å². The van der Waals surface area contributed by atoms with Crippen molar-refractivity contribution in [3.8, 4) is 22.7 Å². The van der Waals surface area contributed by atoms with Gasteiger partial charge in [0.1, 0.15) is 5.75 Å². The second-order valence-corrected chi connectivity index (χ2v) is 10.5. The number of aromatic nitrogens is 1. The Morgan fingerprint density at radius 1 is 0.935 bits per heavy atom. The molecule has 0 spiro atoms. The van der Waals surface area contributed by atoms with E-state index in [9.17, 15) is 0 Å². The molecule has 0 saturated heterocycles. The molecule has 1 aliphatic carbocycles. The Kier molecular flexibility index (Phi) is 4.33. The summed E-state index contributed by atoms with van der Waals surface area (Å²) in [5.41, 5.74) is 8.85. The van der Waals surface area contributed by atoms with E-state index in [0.29, 0.717) is 5.02 Å². The van der Waals surface area contributed by atoms with Crippen LogP contribution in [0, 0.1) is 0 Å². The van der Waals surface area contributed by atoms with Crippen molar-refractivity contribution in [3.63, 3.8) is 0 Å². The number of rotatable bonds is 2. The first kappa shape index (κ1) is 20.2. The molecule has 0 bridgehead atoms. The minimum Gasteiger partial charge on any atom is -0.497 e. The van der Waals surface area contributed by atoms with Crippen LogP contribution in [-0.2, 0) is 10.8 Å². The monoisotopic (exact) mass is 429 g/mol. The lowest BCUT2D eigenvalue weighted by Crippen LogP contribution is -2.15. The van der Waals surface area contributed by atoms with Gasteiger partial charge in [-0.25, -0.2) is 0 Å². The molecule has 0 atom stereocenters. The third-order valence-corrected chi connectivity index (χ3v) is 6.88. The molecule has 0 amide bonds. The lowest BCUT2D eigenvalue weighted by molar-refractivity contribution is 0.414. The molecular weight excluding hydrogens is 402 g/mol. The smallest absolute Gasteiger partial charge is 0.122 e. The predicted octanol–water partition coefficient (Wildman–Crippen LogP) is 7.90. The summed E-state index contributed by atoms with van der Waals surface area (Å²) >= 11 is 6.50. The van der Waals surface area contributed by atoms with E-state index in [0.717, 1.165) is 11.4 Å². The summed E-state index contributed by atoms with van der Waals surface area (Å²) in [6.45, 7) is 11.5. The zero-order chi connectivity index (χ0) is 22.1. The summed E-state index contributed by atoms with van der Waals surface area (Å²) in [5.74, 6) is 0.759. The molecule has 5 rings (SSSR count). The Hall–Kier alpha value is -2.71. The fourth-order valence-corrected chi connectivity index (χ4v) is 5.30. The number of hydrogen-bond donors (Lipinski definition) is 0. The topological polar surface area (TPSA) is 14.2 Å². The summed E-state index contributed by atoms with van der Waals surface area (Å²) in [7, 11) is 1.68. The van der Waals surface area contributed by atoms with E-state index in [4.69, 9.17) is 16.3 Å². The summed E-state index contributed by atoms with van der Waals surface area (Å²) in [6, 6.07) is 21.6. The van der Waals surface area contributed by atoms with Gasteiger partial charge in [0.25, 0.3) is 0 Å². The average Bonchev–Trinajstić information content (AvgIpc) is 3.18. The second kappa shape index (κ2) is 6.64. The van der Waals surface area contributed by atoms with Crippen LogP contribution < -0.4 is 4.74 Å². The van der Waals surface area contributed by atoms with Gasteiger partial charge in [0.05, 0.1) is 24.0 Å². The quantitative estimate of drug-likeness (QED) is 0.316. The Morgan fingerprint density at radius 2 is 1.68 bits per heavy atom. The lowest BCUT2D eigenvalue weighted by atomic mass is 9.80. The number of benzene rings is 3. The maximum Gasteiger partial charge on any atom is 0.122 e. The molecule has 2 nitrogen and oxygen atoms in total. The van der Waals surface area contributed by atoms with Gasteiger partial charge in [-0.15, -0.1) is 0 Å².